The number of aromatic nitrogens is 3. The minimum atomic E-state index is 0. The van der Waals surface area contributed by atoms with Crippen molar-refractivity contribution < 1.29 is 4.74 Å². The first kappa shape index (κ1) is 20.7. The highest BCUT2D eigenvalue weighted by molar-refractivity contribution is 14.0. The van der Waals surface area contributed by atoms with Crippen LogP contribution < -0.4 is 15.4 Å². The fourth-order valence-electron chi connectivity index (χ4n) is 2.54. The van der Waals surface area contributed by atoms with Crippen LogP contribution in [0.1, 0.15) is 11.1 Å². The standard InChI is InChI=1S/C19H22N6O.HI/c1-20-19(23-12-16-5-3-4-6-18(16)26-2)22-11-15-7-9-17(10-8-15)25-14-21-13-24-25;/h3-10,13-14H,11-12H2,1-2H3,(H2,20,22,23);1H. The van der Waals surface area contributed by atoms with E-state index in [1.165, 1.54) is 6.33 Å². The summed E-state index contributed by atoms with van der Waals surface area (Å²) in [6.07, 6.45) is 3.20. The van der Waals surface area contributed by atoms with Crippen LogP contribution in [-0.2, 0) is 13.1 Å². The number of halogens is 1. The predicted octanol–water partition coefficient (Wildman–Crippen LogP) is 2.76. The van der Waals surface area contributed by atoms with Crippen LogP contribution in [0.4, 0.5) is 0 Å². The minimum Gasteiger partial charge on any atom is -0.496 e. The smallest absolute Gasteiger partial charge is 0.191 e. The molecule has 142 valence electrons. The summed E-state index contributed by atoms with van der Waals surface area (Å²) < 4.78 is 7.10. The molecule has 2 N–H and O–H groups in total. The van der Waals surface area contributed by atoms with Gasteiger partial charge in [-0.2, -0.15) is 5.10 Å². The first-order valence-electron chi connectivity index (χ1n) is 8.30. The van der Waals surface area contributed by atoms with Crippen molar-refractivity contribution >= 4 is 29.9 Å². The maximum Gasteiger partial charge on any atom is 0.191 e. The molecule has 2 aromatic carbocycles. The van der Waals surface area contributed by atoms with E-state index in [0.717, 1.165) is 28.5 Å². The molecule has 0 amide bonds. The van der Waals surface area contributed by atoms with Gasteiger partial charge in [0.25, 0.3) is 0 Å². The van der Waals surface area contributed by atoms with E-state index < -0.39 is 0 Å². The number of aliphatic imine (C=N–C) groups is 1. The molecule has 1 heterocycles. The zero-order chi connectivity index (χ0) is 18.2. The van der Waals surface area contributed by atoms with Crippen LogP contribution >= 0.6 is 24.0 Å². The summed E-state index contributed by atoms with van der Waals surface area (Å²) in [7, 11) is 3.43. The number of nitrogens with zero attached hydrogens (tertiary/aromatic N) is 4. The van der Waals surface area contributed by atoms with E-state index in [-0.39, 0.29) is 24.0 Å². The molecule has 1 aromatic heterocycles. The summed E-state index contributed by atoms with van der Waals surface area (Å²) in [5, 5.41) is 10.7. The van der Waals surface area contributed by atoms with Gasteiger partial charge in [0.2, 0.25) is 0 Å². The Hall–Kier alpha value is -2.62. The van der Waals surface area contributed by atoms with E-state index in [4.69, 9.17) is 4.74 Å². The fraction of sp³-hybridized carbons (Fsp3) is 0.211. The van der Waals surface area contributed by atoms with Crippen LogP contribution in [0.2, 0.25) is 0 Å². The van der Waals surface area contributed by atoms with Gasteiger partial charge in [-0.3, -0.25) is 4.99 Å². The van der Waals surface area contributed by atoms with Gasteiger partial charge in [0, 0.05) is 25.7 Å². The number of rotatable bonds is 6. The van der Waals surface area contributed by atoms with Crippen LogP contribution in [0.25, 0.3) is 5.69 Å². The van der Waals surface area contributed by atoms with Gasteiger partial charge in [-0.15, -0.1) is 24.0 Å². The van der Waals surface area contributed by atoms with Gasteiger partial charge in [-0.25, -0.2) is 9.67 Å². The summed E-state index contributed by atoms with van der Waals surface area (Å²) in [5.74, 6) is 1.59. The van der Waals surface area contributed by atoms with Crippen molar-refractivity contribution in [3.8, 4) is 11.4 Å². The Morgan fingerprint density at radius 2 is 1.81 bits per heavy atom. The molecule has 0 spiro atoms. The highest BCUT2D eigenvalue weighted by Gasteiger charge is 2.04. The molecular weight excluding hydrogens is 455 g/mol. The monoisotopic (exact) mass is 478 g/mol. The van der Waals surface area contributed by atoms with Crippen molar-refractivity contribution in [3.63, 3.8) is 0 Å². The average molecular weight is 478 g/mol. The van der Waals surface area contributed by atoms with E-state index >= 15 is 0 Å². The van der Waals surface area contributed by atoms with Crippen LogP contribution in [0, 0.1) is 0 Å². The Kier molecular flexibility index (Phi) is 8.05. The third-order valence-electron chi connectivity index (χ3n) is 3.94. The van der Waals surface area contributed by atoms with E-state index in [2.05, 4.69) is 37.8 Å². The zero-order valence-corrected chi connectivity index (χ0v) is 17.6. The molecule has 0 aliphatic rings. The second-order valence-electron chi connectivity index (χ2n) is 5.60. The highest BCUT2D eigenvalue weighted by atomic mass is 127. The molecule has 0 bridgehead atoms. The molecule has 0 saturated carbocycles. The first-order chi connectivity index (χ1) is 12.8. The van der Waals surface area contributed by atoms with Gasteiger partial charge in [-0.05, 0) is 23.8 Å². The molecular formula is C19H23IN6O. The SMILES string of the molecule is CN=C(NCc1ccc(-n2cncn2)cc1)NCc1ccccc1OC.I. The number of benzene rings is 2. The van der Waals surface area contributed by atoms with E-state index in [9.17, 15) is 0 Å². The number of para-hydroxylation sites is 1. The Labute approximate surface area is 175 Å². The van der Waals surface area contributed by atoms with E-state index in [1.54, 1.807) is 25.2 Å². The normalized spacial score (nSPS) is 10.8. The molecule has 0 fully saturated rings. The number of hydrogen-bond acceptors (Lipinski definition) is 4. The Bertz CT molecular complexity index is 849. The number of ether oxygens (including phenoxy) is 1. The van der Waals surface area contributed by atoms with Gasteiger partial charge >= 0.3 is 0 Å². The van der Waals surface area contributed by atoms with E-state index in [1.807, 2.05) is 36.4 Å². The second kappa shape index (κ2) is 10.5. The first-order valence-corrected chi connectivity index (χ1v) is 8.30. The van der Waals surface area contributed by atoms with Crippen molar-refractivity contribution in [1.29, 1.82) is 0 Å². The second-order valence-corrected chi connectivity index (χ2v) is 5.60. The number of nitrogens with one attached hydrogen (secondary N) is 2. The summed E-state index contributed by atoms with van der Waals surface area (Å²) in [4.78, 5) is 8.22. The Morgan fingerprint density at radius 1 is 1.07 bits per heavy atom. The maximum absolute atomic E-state index is 5.37. The molecule has 7 nitrogen and oxygen atoms in total. The van der Waals surface area contributed by atoms with Gasteiger partial charge in [0.15, 0.2) is 5.96 Å². The molecule has 8 heteroatoms. The molecule has 0 atom stereocenters. The van der Waals surface area contributed by atoms with Crippen LogP contribution in [0.3, 0.4) is 0 Å². The molecule has 0 unspecified atom stereocenters. The van der Waals surface area contributed by atoms with Crippen molar-refractivity contribution in [2.75, 3.05) is 14.2 Å². The van der Waals surface area contributed by atoms with Crippen molar-refractivity contribution in [2.24, 2.45) is 4.99 Å². The molecule has 3 aromatic rings. The van der Waals surface area contributed by atoms with Gasteiger partial charge in [0.1, 0.15) is 18.4 Å². The average Bonchev–Trinajstić information content (AvgIpc) is 3.23. The molecule has 0 aliphatic heterocycles. The lowest BCUT2D eigenvalue weighted by Crippen LogP contribution is -2.36. The Balaban J connectivity index is 0.00000261. The topological polar surface area (TPSA) is 76.4 Å². The third-order valence-corrected chi connectivity index (χ3v) is 3.94. The van der Waals surface area contributed by atoms with E-state index in [0.29, 0.717) is 13.1 Å². The van der Waals surface area contributed by atoms with Gasteiger partial charge < -0.3 is 15.4 Å². The molecule has 0 aliphatic carbocycles. The largest absolute Gasteiger partial charge is 0.496 e. The summed E-state index contributed by atoms with van der Waals surface area (Å²) in [5.41, 5.74) is 3.20. The maximum atomic E-state index is 5.37. The lowest BCUT2D eigenvalue weighted by molar-refractivity contribution is 0.409. The lowest BCUT2D eigenvalue weighted by atomic mass is 10.2. The lowest BCUT2D eigenvalue weighted by Gasteiger charge is -2.14. The predicted molar refractivity (Wildman–Crippen MR) is 117 cm³/mol. The third kappa shape index (κ3) is 5.68. The van der Waals surface area contributed by atoms with Gasteiger partial charge in [0.05, 0.1) is 12.8 Å². The molecule has 0 saturated heterocycles. The number of methoxy groups -OCH3 is 1. The van der Waals surface area contributed by atoms with Crippen LogP contribution in [0.5, 0.6) is 5.75 Å². The van der Waals surface area contributed by atoms with Crippen LogP contribution in [0.15, 0.2) is 66.2 Å². The number of hydrogen-bond donors (Lipinski definition) is 2. The minimum absolute atomic E-state index is 0. The fourth-order valence-corrected chi connectivity index (χ4v) is 2.54. The molecule has 3 rings (SSSR count). The van der Waals surface area contributed by atoms with Crippen molar-refractivity contribution in [1.82, 2.24) is 25.4 Å². The van der Waals surface area contributed by atoms with Gasteiger partial charge in [-0.1, -0.05) is 30.3 Å². The van der Waals surface area contributed by atoms with Crippen molar-refractivity contribution in [3.05, 3.63) is 72.3 Å². The molecule has 27 heavy (non-hydrogen) atoms. The molecule has 0 radical (unpaired) electrons. The Morgan fingerprint density at radius 3 is 2.48 bits per heavy atom. The summed E-state index contributed by atoms with van der Waals surface area (Å²) in [6.45, 7) is 1.30. The highest BCUT2D eigenvalue weighted by Crippen LogP contribution is 2.16. The van der Waals surface area contributed by atoms with Crippen LogP contribution in [-0.4, -0.2) is 34.9 Å². The summed E-state index contributed by atoms with van der Waals surface area (Å²) >= 11 is 0. The quantitative estimate of drug-likeness (QED) is 0.324. The zero-order valence-electron chi connectivity index (χ0n) is 15.3. The van der Waals surface area contributed by atoms with Crippen molar-refractivity contribution in [2.45, 2.75) is 13.1 Å². The summed E-state index contributed by atoms with van der Waals surface area (Å²) in [6, 6.07) is 16.1. The number of guanidine groups is 1.